The van der Waals surface area contributed by atoms with Gasteiger partial charge in [0.15, 0.2) is 5.96 Å². The minimum atomic E-state index is 0. The number of nitrogens with one attached hydrogen (secondary N) is 2. The Labute approximate surface area is 204 Å². The molecule has 2 aliphatic rings. The number of rotatable bonds is 9. The molecule has 0 radical (unpaired) electrons. The van der Waals surface area contributed by atoms with Gasteiger partial charge in [-0.15, -0.1) is 24.0 Å². The molecule has 0 atom stereocenters. The second-order valence-electron chi connectivity index (χ2n) is 8.26. The number of anilines is 1. The fourth-order valence-corrected chi connectivity index (χ4v) is 3.96. The van der Waals surface area contributed by atoms with E-state index in [0.717, 1.165) is 82.7 Å². The molecular weight excluding hydrogens is 505 g/mol. The number of hydrogen-bond acceptors (Lipinski definition) is 5. The van der Waals surface area contributed by atoms with Gasteiger partial charge in [0.05, 0.1) is 0 Å². The van der Waals surface area contributed by atoms with Crippen molar-refractivity contribution in [2.75, 3.05) is 58.0 Å². The van der Waals surface area contributed by atoms with E-state index in [1.807, 2.05) is 6.20 Å². The maximum absolute atomic E-state index is 5.82. The van der Waals surface area contributed by atoms with Crippen LogP contribution >= 0.6 is 24.0 Å². The Kier molecular flexibility index (Phi) is 13.2. The second kappa shape index (κ2) is 15.6. The Balaban J connectivity index is 0.00000341. The lowest BCUT2D eigenvalue weighted by Gasteiger charge is -2.21. The van der Waals surface area contributed by atoms with Gasteiger partial charge in [0, 0.05) is 65.9 Å². The van der Waals surface area contributed by atoms with Gasteiger partial charge in [-0.2, -0.15) is 0 Å². The van der Waals surface area contributed by atoms with Gasteiger partial charge in [-0.05, 0) is 49.7 Å². The summed E-state index contributed by atoms with van der Waals surface area (Å²) in [6.45, 7) is 7.22. The van der Waals surface area contributed by atoms with E-state index in [1.165, 1.54) is 25.7 Å². The summed E-state index contributed by atoms with van der Waals surface area (Å²) in [6.07, 6.45) is 10.4. The van der Waals surface area contributed by atoms with Crippen molar-refractivity contribution in [3.63, 3.8) is 0 Å². The lowest BCUT2D eigenvalue weighted by molar-refractivity contribution is 0.0203. The largest absolute Gasteiger partial charge is 0.381 e. The van der Waals surface area contributed by atoms with Crippen molar-refractivity contribution in [2.45, 2.75) is 51.5 Å². The number of aromatic nitrogens is 1. The lowest BCUT2D eigenvalue weighted by Crippen LogP contribution is -2.37. The van der Waals surface area contributed by atoms with Crippen molar-refractivity contribution in [2.24, 2.45) is 10.9 Å². The van der Waals surface area contributed by atoms with E-state index >= 15 is 0 Å². The van der Waals surface area contributed by atoms with Gasteiger partial charge in [-0.3, -0.25) is 4.99 Å². The second-order valence-corrected chi connectivity index (χ2v) is 8.26. The smallest absolute Gasteiger partial charge is 0.191 e. The Morgan fingerprint density at radius 3 is 2.61 bits per heavy atom. The SMILES string of the molecule is CN=C(NCCCOCC1CCOCC1)NCc1ccc(N2CCCCCC2)nc1.I. The zero-order chi connectivity index (χ0) is 20.9. The van der Waals surface area contributed by atoms with E-state index < -0.39 is 0 Å². The number of pyridine rings is 1. The first-order valence-electron chi connectivity index (χ1n) is 11.6. The van der Waals surface area contributed by atoms with Crippen LogP contribution in [0.5, 0.6) is 0 Å². The molecule has 31 heavy (non-hydrogen) atoms. The van der Waals surface area contributed by atoms with E-state index in [1.54, 1.807) is 7.05 Å². The quantitative estimate of drug-likeness (QED) is 0.214. The van der Waals surface area contributed by atoms with Gasteiger partial charge in [-0.1, -0.05) is 18.9 Å². The van der Waals surface area contributed by atoms with Crippen LogP contribution in [-0.2, 0) is 16.0 Å². The van der Waals surface area contributed by atoms with Crippen molar-refractivity contribution >= 4 is 35.8 Å². The number of ether oxygens (including phenoxy) is 2. The number of hydrogen-bond donors (Lipinski definition) is 2. The predicted molar refractivity (Wildman–Crippen MR) is 138 cm³/mol. The standard InChI is InChI=1S/C23H39N5O2.HI/c1-24-23(25-11-6-14-30-19-20-9-15-29-16-10-20)27-18-21-7-8-22(26-17-21)28-12-4-2-3-5-13-28;/h7-8,17,20H,2-6,9-16,18-19H2,1H3,(H2,24,25,27);1H. The Hall–Kier alpha value is -1.13. The van der Waals surface area contributed by atoms with E-state index in [0.29, 0.717) is 12.5 Å². The van der Waals surface area contributed by atoms with E-state index in [4.69, 9.17) is 9.47 Å². The van der Waals surface area contributed by atoms with Crippen LogP contribution in [0.15, 0.2) is 23.3 Å². The highest BCUT2D eigenvalue weighted by Crippen LogP contribution is 2.17. The van der Waals surface area contributed by atoms with Gasteiger partial charge in [0.25, 0.3) is 0 Å². The first-order valence-corrected chi connectivity index (χ1v) is 11.6. The Morgan fingerprint density at radius 2 is 1.94 bits per heavy atom. The molecule has 0 amide bonds. The number of nitrogens with zero attached hydrogens (tertiary/aromatic N) is 3. The molecule has 7 nitrogen and oxygen atoms in total. The molecule has 8 heteroatoms. The van der Waals surface area contributed by atoms with E-state index in [-0.39, 0.29) is 24.0 Å². The van der Waals surface area contributed by atoms with Crippen molar-refractivity contribution in [1.29, 1.82) is 0 Å². The van der Waals surface area contributed by atoms with Crippen LogP contribution in [0.4, 0.5) is 5.82 Å². The monoisotopic (exact) mass is 545 g/mol. The summed E-state index contributed by atoms with van der Waals surface area (Å²) in [5.41, 5.74) is 1.16. The molecule has 0 aliphatic carbocycles. The van der Waals surface area contributed by atoms with Crippen LogP contribution in [0.1, 0.15) is 50.5 Å². The Morgan fingerprint density at radius 1 is 1.16 bits per heavy atom. The van der Waals surface area contributed by atoms with Crippen molar-refractivity contribution in [1.82, 2.24) is 15.6 Å². The molecule has 176 valence electrons. The molecule has 3 rings (SSSR count). The van der Waals surface area contributed by atoms with Crippen LogP contribution in [0.25, 0.3) is 0 Å². The van der Waals surface area contributed by atoms with Gasteiger partial charge < -0.3 is 25.0 Å². The number of guanidine groups is 1. The molecule has 3 heterocycles. The molecule has 2 aliphatic heterocycles. The van der Waals surface area contributed by atoms with Crippen molar-refractivity contribution in [3.8, 4) is 0 Å². The third-order valence-corrected chi connectivity index (χ3v) is 5.88. The molecule has 0 unspecified atom stereocenters. The summed E-state index contributed by atoms with van der Waals surface area (Å²) in [7, 11) is 1.80. The predicted octanol–water partition coefficient (Wildman–Crippen LogP) is 3.58. The summed E-state index contributed by atoms with van der Waals surface area (Å²) < 4.78 is 11.2. The number of aliphatic imine (C=N–C) groups is 1. The first-order chi connectivity index (χ1) is 14.8. The summed E-state index contributed by atoms with van der Waals surface area (Å²) in [5.74, 6) is 2.58. The van der Waals surface area contributed by atoms with Gasteiger partial charge in [-0.25, -0.2) is 4.98 Å². The molecule has 1 aromatic heterocycles. The highest BCUT2D eigenvalue weighted by Gasteiger charge is 2.13. The van der Waals surface area contributed by atoms with E-state index in [2.05, 4.69) is 37.6 Å². The van der Waals surface area contributed by atoms with Crippen LogP contribution in [0.2, 0.25) is 0 Å². The molecule has 0 spiro atoms. The summed E-state index contributed by atoms with van der Waals surface area (Å²) in [4.78, 5) is 11.4. The van der Waals surface area contributed by atoms with Crippen molar-refractivity contribution in [3.05, 3.63) is 23.9 Å². The Bertz CT molecular complexity index is 615. The third-order valence-electron chi connectivity index (χ3n) is 5.88. The zero-order valence-corrected chi connectivity index (χ0v) is 21.3. The number of halogens is 1. The minimum Gasteiger partial charge on any atom is -0.381 e. The van der Waals surface area contributed by atoms with E-state index in [9.17, 15) is 0 Å². The zero-order valence-electron chi connectivity index (χ0n) is 19.0. The molecule has 2 N–H and O–H groups in total. The molecule has 2 fully saturated rings. The highest BCUT2D eigenvalue weighted by atomic mass is 127. The third kappa shape index (κ3) is 9.91. The van der Waals surface area contributed by atoms with Gasteiger partial charge in [0.1, 0.15) is 5.82 Å². The summed E-state index contributed by atoms with van der Waals surface area (Å²) >= 11 is 0. The maximum atomic E-state index is 5.82. The van der Waals surface area contributed by atoms with Crippen LogP contribution in [-0.4, -0.2) is 64.1 Å². The molecule has 0 aromatic carbocycles. The molecule has 0 bridgehead atoms. The topological polar surface area (TPSA) is 71.0 Å². The lowest BCUT2D eigenvalue weighted by atomic mass is 10.0. The van der Waals surface area contributed by atoms with Crippen LogP contribution in [0, 0.1) is 5.92 Å². The summed E-state index contributed by atoms with van der Waals surface area (Å²) in [5, 5.41) is 6.73. The molecule has 2 saturated heterocycles. The highest BCUT2D eigenvalue weighted by molar-refractivity contribution is 14.0. The van der Waals surface area contributed by atoms with Crippen LogP contribution < -0.4 is 15.5 Å². The normalized spacial score (nSPS) is 18.2. The average Bonchev–Trinajstić information content (AvgIpc) is 3.09. The van der Waals surface area contributed by atoms with Gasteiger partial charge >= 0.3 is 0 Å². The molecule has 1 aromatic rings. The molecular formula is C23H40IN5O2. The fraction of sp³-hybridized carbons (Fsp3) is 0.739. The minimum absolute atomic E-state index is 0. The summed E-state index contributed by atoms with van der Waals surface area (Å²) in [6, 6.07) is 4.31. The van der Waals surface area contributed by atoms with Crippen molar-refractivity contribution < 1.29 is 9.47 Å². The van der Waals surface area contributed by atoms with Crippen LogP contribution in [0.3, 0.4) is 0 Å². The first kappa shape index (κ1) is 26.1. The maximum Gasteiger partial charge on any atom is 0.191 e. The van der Waals surface area contributed by atoms with Gasteiger partial charge in [0.2, 0.25) is 0 Å². The molecule has 0 saturated carbocycles. The fourth-order valence-electron chi connectivity index (χ4n) is 3.96. The average molecular weight is 546 g/mol.